The highest BCUT2D eigenvalue weighted by atomic mass is 32.2. The molecule has 4 aromatic rings. The zero-order valence-electron chi connectivity index (χ0n) is 15.4. The Bertz CT molecular complexity index is 1090. The van der Waals surface area contributed by atoms with Gasteiger partial charge in [-0.3, -0.25) is 24.9 Å². The quantitative estimate of drug-likeness (QED) is 0.470. The lowest BCUT2D eigenvalue weighted by Gasteiger charge is -2.07. The van der Waals surface area contributed by atoms with Gasteiger partial charge in [0.05, 0.1) is 22.5 Å². The average molecular weight is 420 g/mol. The van der Waals surface area contributed by atoms with Crippen molar-refractivity contribution in [1.82, 2.24) is 15.3 Å². The molecule has 2 heterocycles. The van der Waals surface area contributed by atoms with E-state index in [0.717, 1.165) is 31.6 Å². The van der Waals surface area contributed by atoms with Gasteiger partial charge in [0.25, 0.3) is 0 Å². The summed E-state index contributed by atoms with van der Waals surface area (Å²) in [4.78, 5) is 35.0. The zero-order valence-corrected chi connectivity index (χ0v) is 17.0. The van der Waals surface area contributed by atoms with E-state index >= 15 is 0 Å². The second kappa shape index (κ2) is 9.07. The van der Waals surface area contributed by atoms with Crippen LogP contribution in [0.5, 0.6) is 0 Å². The molecule has 0 unspecified atom stereocenters. The SMILES string of the molecule is O=C(CSc1cccc2cccnc12)NC(=O)CSc1cccc2cccnc12. The molecule has 144 valence electrons. The molecule has 0 saturated heterocycles. The average Bonchev–Trinajstić information content (AvgIpc) is 2.76. The van der Waals surface area contributed by atoms with Crippen molar-refractivity contribution in [3.63, 3.8) is 0 Å². The van der Waals surface area contributed by atoms with Crippen molar-refractivity contribution in [3.05, 3.63) is 73.1 Å². The summed E-state index contributed by atoms with van der Waals surface area (Å²) in [7, 11) is 0. The van der Waals surface area contributed by atoms with Crippen molar-refractivity contribution >= 4 is 57.1 Å². The number of thioether (sulfide) groups is 2. The Labute approximate surface area is 176 Å². The van der Waals surface area contributed by atoms with E-state index in [9.17, 15) is 9.59 Å². The Balaban J connectivity index is 1.32. The molecule has 0 spiro atoms. The van der Waals surface area contributed by atoms with Gasteiger partial charge in [-0.05, 0) is 24.3 Å². The van der Waals surface area contributed by atoms with Crippen molar-refractivity contribution in [2.45, 2.75) is 9.79 Å². The number of imide groups is 1. The van der Waals surface area contributed by atoms with Crippen molar-refractivity contribution in [1.29, 1.82) is 0 Å². The number of rotatable bonds is 6. The van der Waals surface area contributed by atoms with Gasteiger partial charge in [-0.15, -0.1) is 23.5 Å². The van der Waals surface area contributed by atoms with Crippen LogP contribution >= 0.6 is 23.5 Å². The molecule has 7 heteroatoms. The van der Waals surface area contributed by atoms with E-state index in [4.69, 9.17) is 0 Å². The number of fused-ring (bicyclic) bond motifs is 2. The minimum atomic E-state index is -0.315. The minimum absolute atomic E-state index is 0.155. The molecular weight excluding hydrogens is 402 g/mol. The topological polar surface area (TPSA) is 72.0 Å². The summed E-state index contributed by atoms with van der Waals surface area (Å²) in [5.74, 6) is -0.321. The Hall–Kier alpha value is -2.90. The first-order valence-corrected chi connectivity index (χ1v) is 10.9. The van der Waals surface area contributed by atoms with Gasteiger partial charge in [-0.25, -0.2) is 0 Å². The summed E-state index contributed by atoms with van der Waals surface area (Å²) >= 11 is 2.75. The van der Waals surface area contributed by atoms with Gasteiger partial charge in [0, 0.05) is 33.0 Å². The molecule has 0 aliphatic rings. The fourth-order valence-corrected chi connectivity index (χ4v) is 4.58. The number of carbonyl (C=O) groups excluding carboxylic acids is 2. The standard InChI is InChI=1S/C22H17N3O2S2/c26-19(13-28-17-9-1-5-15-7-3-11-23-21(15)17)25-20(27)14-29-18-10-2-6-16-8-4-12-24-22(16)18/h1-12H,13-14H2,(H,25,26,27). The molecule has 2 amide bonds. The molecule has 0 aliphatic heterocycles. The van der Waals surface area contributed by atoms with Crippen LogP contribution in [-0.2, 0) is 9.59 Å². The Morgan fingerprint density at radius 3 is 1.62 bits per heavy atom. The maximum Gasteiger partial charge on any atom is 0.236 e. The summed E-state index contributed by atoms with van der Waals surface area (Å²) in [6.07, 6.45) is 3.46. The first-order valence-electron chi connectivity index (χ1n) is 8.96. The van der Waals surface area contributed by atoms with Crippen LogP contribution in [0.25, 0.3) is 21.8 Å². The highest BCUT2D eigenvalue weighted by Gasteiger charge is 2.12. The summed E-state index contributed by atoms with van der Waals surface area (Å²) in [5, 5.41) is 4.50. The summed E-state index contributed by atoms with van der Waals surface area (Å²) in [5.41, 5.74) is 1.72. The number of benzene rings is 2. The first kappa shape index (κ1) is 19.4. The predicted octanol–water partition coefficient (Wildman–Crippen LogP) is 4.31. The molecule has 0 atom stereocenters. The normalized spacial score (nSPS) is 10.9. The van der Waals surface area contributed by atoms with Gasteiger partial charge >= 0.3 is 0 Å². The lowest BCUT2D eigenvalue weighted by Crippen LogP contribution is -2.33. The minimum Gasteiger partial charge on any atom is -0.295 e. The fraction of sp³-hybridized carbons (Fsp3) is 0.0909. The third-order valence-electron chi connectivity index (χ3n) is 4.19. The smallest absolute Gasteiger partial charge is 0.236 e. The number of para-hydroxylation sites is 2. The van der Waals surface area contributed by atoms with Crippen LogP contribution in [0.15, 0.2) is 82.8 Å². The lowest BCUT2D eigenvalue weighted by molar-refractivity contribution is -0.127. The number of nitrogens with one attached hydrogen (secondary N) is 1. The van der Waals surface area contributed by atoms with Gasteiger partial charge in [0.2, 0.25) is 11.8 Å². The Morgan fingerprint density at radius 2 is 1.14 bits per heavy atom. The van der Waals surface area contributed by atoms with E-state index in [2.05, 4.69) is 15.3 Å². The van der Waals surface area contributed by atoms with Crippen LogP contribution in [0.4, 0.5) is 0 Å². The third kappa shape index (κ3) is 4.75. The molecule has 0 saturated carbocycles. The molecule has 29 heavy (non-hydrogen) atoms. The maximum atomic E-state index is 12.2. The third-order valence-corrected chi connectivity index (χ3v) is 6.28. The monoisotopic (exact) mass is 419 g/mol. The summed E-state index contributed by atoms with van der Waals surface area (Å²) < 4.78 is 0. The molecule has 5 nitrogen and oxygen atoms in total. The van der Waals surface area contributed by atoms with Crippen molar-refractivity contribution in [3.8, 4) is 0 Å². The summed E-state index contributed by atoms with van der Waals surface area (Å²) in [6.45, 7) is 0. The van der Waals surface area contributed by atoms with Crippen LogP contribution < -0.4 is 5.32 Å². The maximum absolute atomic E-state index is 12.2. The molecule has 1 N–H and O–H groups in total. The van der Waals surface area contributed by atoms with E-state index in [0.29, 0.717) is 0 Å². The second-order valence-electron chi connectivity index (χ2n) is 6.21. The molecular formula is C22H17N3O2S2. The van der Waals surface area contributed by atoms with Gasteiger partial charge < -0.3 is 0 Å². The number of hydrogen-bond acceptors (Lipinski definition) is 6. The van der Waals surface area contributed by atoms with E-state index in [1.54, 1.807) is 12.4 Å². The van der Waals surface area contributed by atoms with Crippen molar-refractivity contribution < 1.29 is 9.59 Å². The van der Waals surface area contributed by atoms with E-state index < -0.39 is 0 Å². The van der Waals surface area contributed by atoms with E-state index in [1.807, 2.05) is 60.7 Å². The first-order chi connectivity index (χ1) is 14.2. The highest BCUT2D eigenvalue weighted by molar-refractivity contribution is 8.00. The molecule has 4 rings (SSSR count). The second-order valence-corrected chi connectivity index (χ2v) is 8.25. The van der Waals surface area contributed by atoms with Crippen LogP contribution in [0.2, 0.25) is 0 Å². The Kier molecular flexibility index (Phi) is 6.07. The Morgan fingerprint density at radius 1 is 0.690 bits per heavy atom. The molecule has 0 radical (unpaired) electrons. The van der Waals surface area contributed by atoms with Gasteiger partial charge in [0.15, 0.2) is 0 Å². The van der Waals surface area contributed by atoms with Gasteiger partial charge in [0.1, 0.15) is 0 Å². The molecule has 0 fully saturated rings. The largest absolute Gasteiger partial charge is 0.295 e. The molecule has 0 bridgehead atoms. The van der Waals surface area contributed by atoms with Crippen molar-refractivity contribution in [2.75, 3.05) is 11.5 Å². The van der Waals surface area contributed by atoms with Gasteiger partial charge in [-0.2, -0.15) is 0 Å². The van der Waals surface area contributed by atoms with Crippen LogP contribution in [-0.4, -0.2) is 33.3 Å². The highest BCUT2D eigenvalue weighted by Crippen LogP contribution is 2.27. The van der Waals surface area contributed by atoms with Crippen LogP contribution in [0, 0.1) is 0 Å². The van der Waals surface area contributed by atoms with Crippen LogP contribution in [0.3, 0.4) is 0 Å². The number of nitrogens with zero attached hydrogens (tertiary/aromatic N) is 2. The zero-order chi connectivity index (χ0) is 20.1. The number of aromatic nitrogens is 2. The number of carbonyl (C=O) groups is 2. The number of hydrogen-bond donors (Lipinski definition) is 1. The predicted molar refractivity (Wildman–Crippen MR) is 118 cm³/mol. The molecule has 0 aliphatic carbocycles. The van der Waals surface area contributed by atoms with Crippen LogP contribution in [0.1, 0.15) is 0 Å². The number of pyridine rings is 2. The lowest BCUT2D eigenvalue weighted by atomic mass is 10.2. The molecule has 2 aromatic carbocycles. The van der Waals surface area contributed by atoms with Gasteiger partial charge in [-0.1, -0.05) is 36.4 Å². The van der Waals surface area contributed by atoms with Crippen molar-refractivity contribution in [2.24, 2.45) is 0 Å². The molecule has 2 aromatic heterocycles. The summed E-state index contributed by atoms with van der Waals surface area (Å²) in [6, 6.07) is 19.4. The van der Waals surface area contributed by atoms with E-state index in [-0.39, 0.29) is 23.3 Å². The number of amides is 2. The fourth-order valence-electron chi connectivity index (χ4n) is 2.90. The van der Waals surface area contributed by atoms with E-state index in [1.165, 1.54) is 23.5 Å².